The molecule has 2 atom stereocenters. The summed E-state index contributed by atoms with van der Waals surface area (Å²) >= 11 is 0. The Morgan fingerprint density at radius 1 is 1.18 bits per heavy atom. The van der Waals surface area contributed by atoms with Crippen LogP contribution in [0.3, 0.4) is 0 Å². The maximum Gasteiger partial charge on any atom is 0.322 e. The summed E-state index contributed by atoms with van der Waals surface area (Å²) in [7, 11) is 1.72. The molecule has 2 aromatic rings. The number of aromatic nitrogens is 1. The third kappa shape index (κ3) is 2.47. The van der Waals surface area contributed by atoms with Gasteiger partial charge in [0, 0.05) is 36.4 Å². The van der Waals surface area contributed by atoms with Crippen molar-refractivity contribution >= 4 is 22.5 Å². The molecule has 0 aliphatic carbocycles. The third-order valence-electron chi connectivity index (χ3n) is 4.52. The van der Waals surface area contributed by atoms with Gasteiger partial charge in [-0.1, -0.05) is 6.07 Å². The van der Waals surface area contributed by atoms with E-state index in [1.165, 1.54) is 0 Å². The van der Waals surface area contributed by atoms with Crippen LogP contribution in [0, 0.1) is 0 Å². The molecule has 2 amide bonds. The number of rotatable bonds is 1. The van der Waals surface area contributed by atoms with Crippen molar-refractivity contribution in [3.63, 3.8) is 0 Å². The van der Waals surface area contributed by atoms with Crippen molar-refractivity contribution in [1.82, 2.24) is 9.47 Å². The van der Waals surface area contributed by atoms with E-state index < -0.39 is 0 Å². The number of carbonyl (C=O) groups excluding carboxylic acids is 1. The van der Waals surface area contributed by atoms with Crippen LogP contribution in [0.2, 0.25) is 0 Å². The first kappa shape index (κ1) is 14.6. The zero-order valence-electron chi connectivity index (χ0n) is 13.2. The second-order valence-electron chi connectivity index (χ2n) is 6.15. The highest BCUT2D eigenvalue weighted by molar-refractivity contribution is 5.93. The number of benzene rings is 1. The molecule has 1 aromatic heterocycles. The van der Waals surface area contributed by atoms with E-state index in [-0.39, 0.29) is 23.7 Å². The van der Waals surface area contributed by atoms with Gasteiger partial charge in [-0.25, -0.2) is 4.79 Å². The van der Waals surface area contributed by atoms with Gasteiger partial charge in [0.25, 0.3) is 5.56 Å². The molecule has 0 saturated carbocycles. The van der Waals surface area contributed by atoms with E-state index in [2.05, 4.69) is 19.2 Å². The number of nitrogens with one attached hydrogen (secondary N) is 1. The Morgan fingerprint density at radius 2 is 1.86 bits per heavy atom. The number of nitrogens with zero attached hydrogens (tertiary/aromatic N) is 2. The molecule has 3 rings (SSSR count). The number of urea groups is 1. The van der Waals surface area contributed by atoms with E-state index in [0.29, 0.717) is 11.1 Å². The molecule has 0 radical (unpaired) electrons. The second-order valence-corrected chi connectivity index (χ2v) is 6.15. The van der Waals surface area contributed by atoms with Crippen LogP contribution >= 0.6 is 0 Å². The van der Waals surface area contributed by atoms with Gasteiger partial charge in [0.05, 0.1) is 0 Å². The number of likely N-dealkylation sites (tertiary alicyclic amines) is 1. The van der Waals surface area contributed by atoms with Crippen LogP contribution in [-0.4, -0.2) is 27.6 Å². The van der Waals surface area contributed by atoms with Crippen LogP contribution in [0.4, 0.5) is 10.5 Å². The van der Waals surface area contributed by atoms with Crippen molar-refractivity contribution in [3.8, 4) is 0 Å². The summed E-state index contributed by atoms with van der Waals surface area (Å²) in [5, 5.41) is 4.42. The molecule has 1 aliphatic heterocycles. The Bertz CT molecular complexity index is 771. The van der Waals surface area contributed by atoms with E-state index in [0.717, 1.165) is 18.2 Å². The fourth-order valence-electron chi connectivity index (χ4n) is 3.20. The third-order valence-corrected chi connectivity index (χ3v) is 4.52. The minimum atomic E-state index is -0.0930. The van der Waals surface area contributed by atoms with Crippen LogP contribution in [0.5, 0.6) is 0 Å². The van der Waals surface area contributed by atoms with Gasteiger partial charge in [-0.3, -0.25) is 4.79 Å². The first-order chi connectivity index (χ1) is 10.5. The lowest BCUT2D eigenvalue weighted by atomic mass is 10.1. The quantitative estimate of drug-likeness (QED) is 0.880. The number of carbonyl (C=O) groups is 1. The average molecular weight is 299 g/mol. The van der Waals surface area contributed by atoms with Gasteiger partial charge in [-0.15, -0.1) is 0 Å². The number of hydrogen-bond acceptors (Lipinski definition) is 2. The minimum absolute atomic E-state index is 0.0588. The predicted molar refractivity (Wildman–Crippen MR) is 88.2 cm³/mol. The number of pyridine rings is 1. The smallest absolute Gasteiger partial charge is 0.319 e. The number of fused-ring (bicyclic) bond motifs is 1. The summed E-state index contributed by atoms with van der Waals surface area (Å²) in [5.41, 5.74) is 0.601. The topological polar surface area (TPSA) is 54.3 Å². The summed E-state index contributed by atoms with van der Waals surface area (Å²) in [4.78, 5) is 26.5. The number of amides is 2. The zero-order chi connectivity index (χ0) is 15.9. The van der Waals surface area contributed by atoms with E-state index in [1.54, 1.807) is 23.9 Å². The fourth-order valence-corrected chi connectivity index (χ4v) is 3.20. The van der Waals surface area contributed by atoms with Crippen molar-refractivity contribution in [2.24, 2.45) is 7.05 Å². The molecule has 5 heteroatoms. The molecule has 116 valence electrons. The lowest BCUT2D eigenvalue weighted by Crippen LogP contribution is -2.41. The number of hydrogen-bond donors (Lipinski definition) is 1. The van der Waals surface area contributed by atoms with Gasteiger partial charge in [0.1, 0.15) is 0 Å². The Morgan fingerprint density at radius 3 is 2.55 bits per heavy atom. The molecule has 0 spiro atoms. The molecule has 1 fully saturated rings. The first-order valence-electron chi connectivity index (χ1n) is 7.66. The Kier molecular flexibility index (Phi) is 3.64. The van der Waals surface area contributed by atoms with Gasteiger partial charge >= 0.3 is 6.03 Å². The van der Waals surface area contributed by atoms with Gasteiger partial charge < -0.3 is 14.8 Å². The van der Waals surface area contributed by atoms with E-state index >= 15 is 0 Å². The highest BCUT2D eigenvalue weighted by Crippen LogP contribution is 2.25. The standard InChI is InChI=1S/C17H21N3O2/c1-11-4-5-12(2)20(11)17(22)18-14-7-6-13-8-9-19(3)16(21)15(13)10-14/h6-12H,4-5H2,1-3H3,(H,18,22). The lowest BCUT2D eigenvalue weighted by molar-refractivity contribution is 0.194. The summed E-state index contributed by atoms with van der Waals surface area (Å²) in [5.74, 6) is 0. The van der Waals surface area contributed by atoms with Gasteiger partial charge in [0.15, 0.2) is 0 Å². The summed E-state index contributed by atoms with van der Waals surface area (Å²) in [6, 6.07) is 7.76. The first-order valence-corrected chi connectivity index (χ1v) is 7.66. The average Bonchev–Trinajstić information content (AvgIpc) is 2.82. The highest BCUT2D eigenvalue weighted by atomic mass is 16.2. The maximum atomic E-state index is 12.5. The molecular weight excluding hydrogens is 278 g/mol. The van der Waals surface area contributed by atoms with Crippen LogP contribution in [0.1, 0.15) is 26.7 Å². The fraction of sp³-hybridized carbons (Fsp3) is 0.412. The molecule has 1 saturated heterocycles. The Balaban J connectivity index is 1.89. The molecule has 22 heavy (non-hydrogen) atoms. The Hall–Kier alpha value is -2.30. The minimum Gasteiger partial charge on any atom is -0.319 e. The van der Waals surface area contributed by atoms with Crippen molar-refractivity contribution in [1.29, 1.82) is 0 Å². The normalized spacial score (nSPS) is 21.3. The molecule has 2 unspecified atom stereocenters. The highest BCUT2D eigenvalue weighted by Gasteiger charge is 2.31. The lowest BCUT2D eigenvalue weighted by Gasteiger charge is -2.26. The van der Waals surface area contributed by atoms with Crippen molar-refractivity contribution in [3.05, 3.63) is 40.8 Å². The molecule has 1 aromatic carbocycles. The van der Waals surface area contributed by atoms with Crippen molar-refractivity contribution in [2.45, 2.75) is 38.8 Å². The van der Waals surface area contributed by atoms with E-state index in [4.69, 9.17) is 0 Å². The molecule has 0 bridgehead atoms. The van der Waals surface area contributed by atoms with Crippen LogP contribution in [0.25, 0.3) is 10.8 Å². The van der Waals surface area contributed by atoms with E-state index in [1.807, 2.05) is 23.1 Å². The van der Waals surface area contributed by atoms with Gasteiger partial charge in [-0.05, 0) is 50.3 Å². The van der Waals surface area contributed by atoms with Crippen LogP contribution < -0.4 is 10.9 Å². The molecule has 5 nitrogen and oxygen atoms in total. The van der Waals surface area contributed by atoms with E-state index in [9.17, 15) is 9.59 Å². The molecule has 2 heterocycles. The van der Waals surface area contributed by atoms with Crippen LogP contribution in [-0.2, 0) is 7.05 Å². The summed E-state index contributed by atoms with van der Waals surface area (Å²) in [6.45, 7) is 4.14. The number of anilines is 1. The second kappa shape index (κ2) is 5.48. The molecular formula is C17H21N3O2. The van der Waals surface area contributed by atoms with Crippen molar-refractivity contribution < 1.29 is 4.79 Å². The summed E-state index contributed by atoms with van der Waals surface area (Å²) < 4.78 is 1.54. The Labute approximate surface area is 129 Å². The SMILES string of the molecule is CC1CCC(C)N1C(=O)Nc1ccc2ccn(C)c(=O)c2c1. The molecule has 1 aliphatic rings. The number of aryl methyl sites for hydroxylation is 1. The maximum absolute atomic E-state index is 12.5. The largest absolute Gasteiger partial charge is 0.322 e. The molecule has 1 N–H and O–H groups in total. The predicted octanol–water partition coefficient (Wildman–Crippen LogP) is 2.94. The monoisotopic (exact) mass is 299 g/mol. The van der Waals surface area contributed by atoms with Crippen molar-refractivity contribution in [2.75, 3.05) is 5.32 Å². The van der Waals surface area contributed by atoms with Gasteiger partial charge in [-0.2, -0.15) is 0 Å². The zero-order valence-corrected chi connectivity index (χ0v) is 13.2. The summed E-state index contributed by atoms with van der Waals surface area (Å²) in [6.07, 6.45) is 3.82. The van der Waals surface area contributed by atoms with Crippen LogP contribution in [0.15, 0.2) is 35.3 Å². The van der Waals surface area contributed by atoms with Gasteiger partial charge in [0.2, 0.25) is 0 Å².